The topological polar surface area (TPSA) is 81.7 Å². The van der Waals surface area contributed by atoms with Crippen molar-refractivity contribution in [1.82, 2.24) is 5.32 Å². The van der Waals surface area contributed by atoms with Crippen molar-refractivity contribution in [3.8, 4) is 0 Å². The maximum atomic E-state index is 13.5. The average molecular weight is 501 g/mol. The number of hydrogen-bond acceptors (Lipinski definition) is 3. The number of fused-ring (bicyclic) bond motifs is 1. The van der Waals surface area contributed by atoms with Crippen molar-refractivity contribution in [2.75, 3.05) is 10.2 Å². The van der Waals surface area contributed by atoms with Crippen LogP contribution in [0, 0.1) is 0 Å². The van der Waals surface area contributed by atoms with E-state index < -0.39 is 23.7 Å². The van der Waals surface area contributed by atoms with E-state index in [-0.39, 0.29) is 5.56 Å². The Morgan fingerprint density at radius 3 is 2.48 bits per heavy atom. The van der Waals surface area contributed by atoms with Gasteiger partial charge in [-0.3, -0.25) is 9.69 Å². The summed E-state index contributed by atoms with van der Waals surface area (Å²) in [6.07, 6.45) is 0. The van der Waals surface area contributed by atoms with E-state index in [9.17, 15) is 14.7 Å². The third kappa shape index (κ3) is 3.92. The summed E-state index contributed by atoms with van der Waals surface area (Å²) in [5, 5.41) is 17.9. The van der Waals surface area contributed by atoms with Crippen molar-refractivity contribution in [3.63, 3.8) is 0 Å². The van der Waals surface area contributed by atoms with Crippen LogP contribution in [-0.4, -0.2) is 17.0 Å². The molecule has 3 aromatic carbocycles. The van der Waals surface area contributed by atoms with Crippen LogP contribution in [0.2, 0.25) is 5.02 Å². The first-order chi connectivity index (χ1) is 14.8. The minimum atomic E-state index is -2.29. The number of benzene rings is 3. The van der Waals surface area contributed by atoms with Gasteiger partial charge in [0.15, 0.2) is 0 Å². The summed E-state index contributed by atoms with van der Waals surface area (Å²) >= 11 is 9.38. The predicted octanol–water partition coefficient (Wildman–Crippen LogP) is 5.18. The number of halogens is 2. The molecule has 31 heavy (non-hydrogen) atoms. The van der Waals surface area contributed by atoms with Gasteiger partial charge in [-0.1, -0.05) is 57.9 Å². The van der Waals surface area contributed by atoms with E-state index >= 15 is 0 Å². The Hall–Kier alpha value is -2.87. The van der Waals surface area contributed by atoms with E-state index in [1.54, 1.807) is 42.5 Å². The Morgan fingerprint density at radius 2 is 1.81 bits per heavy atom. The lowest BCUT2D eigenvalue weighted by molar-refractivity contribution is -0.141. The molecule has 0 fully saturated rings. The van der Waals surface area contributed by atoms with Crippen LogP contribution in [0.3, 0.4) is 0 Å². The maximum Gasteiger partial charge on any atom is 0.329 e. The molecule has 3 amide bonds. The number of rotatable bonds is 4. The Morgan fingerprint density at radius 1 is 1.13 bits per heavy atom. The molecule has 4 rings (SSSR count). The highest BCUT2D eigenvalue weighted by Gasteiger charge is 2.52. The summed E-state index contributed by atoms with van der Waals surface area (Å²) in [6.45, 7) is 1.81. The fourth-order valence-electron chi connectivity index (χ4n) is 3.59. The van der Waals surface area contributed by atoms with Gasteiger partial charge in [0.2, 0.25) is 0 Å². The van der Waals surface area contributed by atoms with Crippen LogP contribution < -0.4 is 15.5 Å². The van der Waals surface area contributed by atoms with Gasteiger partial charge in [0, 0.05) is 20.7 Å². The minimum Gasteiger partial charge on any atom is -0.359 e. The van der Waals surface area contributed by atoms with E-state index in [1.165, 1.54) is 0 Å². The van der Waals surface area contributed by atoms with Crippen molar-refractivity contribution in [2.45, 2.75) is 18.7 Å². The molecule has 8 heteroatoms. The molecule has 0 saturated carbocycles. The summed E-state index contributed by atoms with van der Waals surface area (Å²) in [6, 6.07) is 19.6. The number of urea groups is 1. The Kier molecular flexibility index (Phi) is 5.75. The number of nitrogens with one attached hydrogen (secondary N) is 2. The molecule has 0 aromatic heterocycles. The number of amides is 3. The zero-order valence-electron chi connectivity index (χ0n) is 16.5. The second-order valence-corrected chi connectivity index (χ2v) is 8.56. The molecule has 0 radical (unpaired) electrons. The first-order valence-electron chi connectivity index (χ1n) is 9.56. The first kappa shape index (κ1) is 21.4. The van der Waals surface area contributed by atoms with Crippen molar-refractivity contribution in [3.05, 3.63) is 93.4 Å². The van der Waals surface area contributed by atoms with Crippen molar-refractivity contribution >= 4 is 50.8 Å². The molecule has 6 nitrogen and oxygen atoms in total. The second-order valence-electron chi connectivity index (χ2n) is 7.21. The maximum absolute atomic E-state index is 13.5. The fourth-order valence-corrected chi connectivity index (χ4v) is 4.08. The van der Waals surface area contributed by atoms with Crippen molar-refractivity contribution in [2.24, 2.45) is 0 Å². The lowest BCUT2D eigenvalue weighted by Gasteiger charge is -2.43. The number of carbonyl (C=O) groups excluding carboxylic acids is 2. The molecule has 1 aliphatic heterocycles. The Balaban J connectivity index is 1.82. The van der Waals surface area contributed by atoms with Gasteiger partial charge >= 0.3 is 6.03 Å². The van der Waals surface area contributed by atoms with E-state index in [2.05, 4.69) is 26.6 Å². The Labute approximate surface area is 193 Å². The normalized spacial score (nSPS) is 18.7. The van der Waals surface area contributed by atoms with E-state index in [4.69, 9.17) is 11.6 Å². The van der Waals surface area contributed by atoms with Gasteiger partial charge in [0.05, 0.1) is 11.7 Å². The highest BCUT2D eigenvalue weighted by molar-refractivity contribution is 9.10. The number of nitrogens with zero attached hydrogens (tertiary/aromatic N) is 1. The summed E-state index contributed by atoms with van der Waals surface area (Å²) in [7, 11) is 0. The molecule has 3 aromatic rings. The van der Waals surface area contributed by atoms with Crippen LogP contribution in [0.15, 0.2) is 77.3 Å². The molecule has 158 valence electrons. The molecule has 0 aliphatic carbocycles. The standard InChI is InChI=1S/C23H19BrClN3O3/c1-14(15-5-3-2-4-6-15)26-21(29)23(31)19-13-16(24)7-12-20(19)27-22(30)28(23)18-10-8-17(25)9-11-18/h2-14,31H,1H3,(H,26,29)(H,27,30)/t14-,23+/m1/s1. The number of carbonyl (C=O) groups is 2. The third-order valence-corrected chi connectivity index (χ3v) is 5.92. The van der Waals surface area contributed by atoms with E-state index in [0.717, 1.165) is 10.5 Å². The summed E-state index contributed by atoms with van der Waals surface area (Å²) in [4.78, 5) is 27.6. The van der Waals surface area contributed by atoms with Crippen LogP contribution in [0.25, 0.3) is 0 Å². The van der Waals surface area contributed by atoms with Gasteiger partial charge in [0.1, 0.15) is 0 Å². The quantitative estimate of drug-likeness (QED) is 0.462. The zero-order valence-corrected chi connectivity index (χ0v) is 18.8. The van der Waals surface area contributed by atoms with Crippen LogP contribution in [0.4, 0.5) is 16.2 Å². The van der Waals surface area contributed by atoms with Gasteiger partial charge in [-0.05, 0) is 55.0 Å². The van der Waals surface area contributed by atoms with Crippen LogP contribution in [-0.2, 0) is 10.5 Å². The van der Waals surface area contributed by atoms with Gasteiger partial charge in [-0.15, -0.1) is 0 Å². The number of aliphatic hydroxyl groups is 1. The molecule has 0 unspecified atom stereocenters. The molecule has 0 bridgehead atoms. The van der Waals surface area contributed by atoms with Crippen molar-refractivity contribution in [1.29, 1.82) is 0 Å². The Bertz CT molecular complexity index is 1140. The zero-order chi connectivity index (χ0) is 22.2. The van der Waals surface area contributed by atoms with Crippen molar-refractivity contribution < 1.29 is 14.7 Å². The van der Waals surface area contributed by atoms with Crippen LogP contribution >= 0.6 is 27.5 Å². The highest BCUT2D eigenvalue weighted by Crippen LogP contribution is 2.41. The van der Waals surface area contributed by atoms with E-state index in [1.807, 2.05) is 37.3 Å². The van der Waals surface area contributed by atoms with Crippen LogP contribution in [0.5, 0.6) is 0 Å². The third-order valence-electron chi connectivity index (χ3n) is 5.17. The molecule has 2 atom stereocenters. The van der Waals surface area contributed by atoms with Crippen LogP contribution in [0.1, 0.15) is 24.1 Å². The summed E-state index contributed by atoms with van der Waals surface area (Å²) in [5.41, 5.74) is -0.513. The second kappa shape index (κ2) is 8.34. The lowest BCUT2D eigenvalue weighted by atomic mass is 9.94. The first-order valence-corrected chi connectivity index (χ1v) is 10.7. The SMILES string of the molecule is C[C@@H](NC(=O)[C@@]1(O)c2cc(Br)ccc2NC(=O)N1c1ccc(Cl)cc1)c1ccccc1. The predicted molar refractivity (Wildman–Crippen MR) is 124 cm³/mol. The average Bonchev–Trinajstić information content (AvgIpc) is 2.76. The molecule has 1 heterocycles. The van der Waals surface area contributed by atoms with Gasteiger partial charge in [-0.2, -0.15) is 0 Å². The number of anilines is 2. The largest absolute Gasteiger partial charge is 0.359 e. The molecule has 0 spiro atoms. The fraction of sp³-hybridized carbons (Fsp3) is 0.130. The minimum absolute atomic E-state index is 0.245. The molecular weight excluding hydrogens is 482 g/mol. The van der Waals surface area contributed by atoms with Gasteiger partial charge < -0.3 is 15.7 Å². The molecule has 1 aliphatic rings. The highest BCUT2D eigenvalue weighted by atomic mass is 79.9. The molecule has 3 N–H and O–H groups in total. The van der Waals surface area contributed by atoms with E-state index in [0.29, 0.717) is 20.9 Å². The summed E-state index contributed by atoms with van der Waals surface area (Å²) in [5.74, 6) is -0.729. The molecular formula is C23H19BrClN3O3. The lowest BCUT2D eigenvalue weighted by Crippen LogP contribution is -2.62. The summed E-state index contributed by atoms with van der Waals surface area (Å²) < 4.78 is 0.654. The molecule has 0 saturated heterocycles. The number of hydrogen-bond donors (Lipinski definition) is 3. The van der Waals surface area contributed by atoms with Gasteiger partial charge in [-0.25, -0.2) is 4.79 Å². The monoisotopic (exact) mass is 499 g/mol. The van der Waals surface area contributed by atoms with Gasteiger partial charge in [0.25, 0.3) is 11.6 Å². The smallest absolute Gasteiger partial charge is 0.329 e.